The Hall–Kier alpha value is -3.15. The minimum atomic E-state index is -0.515. The van der Waals surface area contributed by atoms with Gasteiger partial charge in [0.15, 0.2) is 0 Å². The number of amides is 1. The first-order valence-electron chi connectivity index (χ1n) is 9.43. The van der Waals surface area contributed by atoms with Crippen molar-refractivity contribution >= 4 is 17.7 Å². The third-order valence-electron chi connectivity index (χ3n) is 4.35. The summed E-state index contributed by atoms with van der Waals surface area (Å²) in [6, 6.07) is 18.5. The molecule has 6 heteroatoms. The number of carbonyl (C=O) groups excluding carboxylic acids is 2. The molecule has 6 nitrogen and oxygen atoms in total. The Bertz CT molecular complexity index is 835. The van der Waals surface area contributed by atoms with Crippen LogP contribution in [-0.2, 0) is 20.9 Å². The van der Waals surface area contributed by atoms with E-state index in [0.29, 0.717) is 18.2 Å². The van der Waals surface area contributed by atoms with Gasteiger partial charge in [0.25, 0.3) is 5.91 Å². The average Bonchev–Trinajstić information content (AvgIpc) is 2.70. The predicted octanol–water partition coefficient (Wildman–Crippen LogP) is 2.94. The van der Waals surface area contributed by atoms with E-state index in [1.54, 1.807) is 0 Å². The number of ether oxygens (including phenoxy) is 1. The Kier molecular flexibility index (Phi) is 6.42. The van der Waals surface area contributed by atoms with E-state index >= 15 is 0 Å². The van der Waals surface area contributed by atoms with Crippen molar-refractivity contribution in [1.82, 2.24) is 10.4 Å². The normalized spacial score (nSPS) is 16.5. The molecule has 0 aromatic heterocycles. The molecular weight excluding hydrogens is 354 g/mol. The van der Waals surface area contributed by atoms with Crippen molar-refractivity contribution < 1.29 is 14.3 Å². The van der Waals surface area contributed by atoms with Gasteiger partial charge in [-0.15, -0.1) is 0 Å². The lowest BCUT2D eigenvalue weighted by atomic mass is 10.0. The molecule has 1 unspecified atom stereocenters. The van der Waals surface area contributed by atoms with Crippen LogP contribution in [0.3, 0.4) is 0 Å². The zero-order chi connectivity index (χ0) is 19.9. The molecule has 0 radical (unpaired) electrons. The highest BCUT2D eigenvalue weighted by Crippen LogP contribution is 2.16. The van der Waals surface area contributed by atoms with Gasteiger partial charge in [0.1, 0.15) is 25.0 Å². The summed E-state index contributed by atoms with van der Waals surface area (Å²) in [5.41, 5.74) is 4.75. The minimum absolute atomic E-state index is 0.174. The Balaban J connectivity index is 1.70. The van der Waals surface area contributed by atoms with Gasteiger partial charge in [-0.1, -0.05) is 74.5 Å². The van der Waals surface area contributed by atoms with E-state index in [1.165, 1.54) is 5.01 Å². The fraction of sp³-hybridized carbons (Fsp3) is 0.318. The predicted molar refractivity (Wildman–Crippen MR) is 107 cm³/mol. The maximum absolute atomic E-state index is 12.8. The van der Waals surface area contributed by atoms with E-state index in [9.17, 15) is 9.59 Å². The SMILES string of the molecule is CC(C)CC1N=C(c2ccccc2)NN(CC(=O)OCc2ccccc2)C1=O. The van der Waals surface area contributed by atoms with Crippen LogP contribution >= 0.6 is 0 Å². The van der Waals surface area contributed by atoms with E-state index in [4.69, 9.17) is 4.74 Å². The molecule has 1 aliphatic rings. The standard InChI is InChI=1S/C22H25N3O3/c1-16(2)13-19-22(27)25(24-21(23-19)18-11-7-4-8-12-18)14-20(26)28-15-17-9-5-3-6-10-17/h3-12,16,19H,13-15H2,1-2H3,(H,23,24). The van der Waals surface area contributed by atoms with Gasteiger partial charge < -0.3 is 4.74 Å². The third kappa shape index (κ3) is 5.19. The van der Waals surface area contributed by atoms with Crippen molar-refractivity contribution in [2.45, 2.75) is 32.9 Å². The van der Waals surface area contributed by atoms with Gasteiger partial charge in [0, 0.05) is 5.56 Å². The number of benzene rings is 2. The zero-order valence-electron chi connectivity index (χ0n) is 16.2. The fourth-order valence-corrected chi connectivity index (χ4v) is 2.97. The highest BCUT2D eigenvalue weighted by atomic mass is 16.5. The molecule has 2 aromatic carbocycles. The number of amidine groups is 1. The Morgan fingerprint density at radius 3 is 2.39 bits per heavy atom. The van der Waals surface area contributed by atoms with Crippen LogP contribution in [0.1, 0.15) is 31.4 Å². The molecule has 28 heavy (non-hydrogen) atoms. The van der Waals surface area contributed by atoms with Gasteiger partial charge in [-0.25, -0.2) is 5.01 Å². The highest BCUT2D eigenvalue weighted by molar-refractivity contribution is 6.04. The summed E-state index contributed by atoms with van der Waals surface area (Å²) >= 11 is 0. The molecule has 3 rings (SSSR count). The maximum Gasteiger partial charge on any atom is 0.328 e. The monoisotopic (exact) mass is 379 g/mol. The van der Waals surface area contributed by atoms with Crippen LogP contribution in [-0.4, -0.2) is 35.3 Å². The van der Waals surface area contributed by atoms with Gasteiger partial charge in [0.05, 0.1) is 0 Å². The second kappa shape index (κ2) is 9.17. The first kappa shape index (κ1) is 19.6. The molecule has 0 aliphatic carbocycles. The van der Waals surface area contributed by atoms with Gasteiger partial charge in [-0.3, -0.25) is 20.0 Å². The molecule has 0 saturated heterocycles. The van der Waals surface area contributed by atoms with Crippen molar-refractivity contribution in [2.24, 2.45) is 10.9 Å². The summed E-state index contributed by atoms with van der Waals surface area (Å²) in [5, 5.41) is 1.32. The van der Waals surface area contributed by atoms with Crippen LogP contribution in [0, 0.1) is 5.92 Å². The first-order valence-corrected chi connectivity index (χ1v) is 9.43. The number of esters is 1. The molecule has 0 bridgehead atoms. The number of hydrogen-bond acceptors (Lipinski definition) is 5. The molecule has 0 spiro atoms. The molecule has 1 atom stereocenters. The Labute approximate surface area is 165 Å². The van der Waals surface area contributed by atoms with Crippen molar-refractivity contribution in [1.29, 1.82) is 0 Å². The smallest absolute Gasteiger partial charge is 0.328 e. The molecule has 0 fully saturated rings. The van der Waals surface area contributed by atoms with E-state index in [1.807, 2.05) is 74.5 Å². The van der Waals surface area contributed by atoms with Crippen molar-refractivity contribution in [3.8, 4) is 0 Å². The van der Waals surface area contributed by atoms with Crippen LogP contribution in [0.15, 0.2) is 65.7 Å². The fourth-order valence-electron chi connectivity index (χ4n) is 2.97. The number of nitrogens with one attached hydrogen (secondary N) is 1. The van der Waals surface area contributed by atoms with Crippen molar-refractivity contribution in [3.05, 3.63) is 71.8 Å². The number of carbonyl (C=O) groups is 2. The summed E-state index contributed by atoms with van der Waals surface area (Å²) in [7, 11) is 0. The lowest BCUT2D eigenvalue weighted by Crippen LogP contribution is -2.56. The molecule has 1 aliphatic heterocycles. The van der Waals surface area contributed by atoms with Gasteiger partial charge in [0.2, 0.25) is 0 Å². The molecule has 1 amide bonds. The Morgan fingerprint density at radius 1 is 1.11 bits per heavy atom. The van der Waals surface area contributed by atoms with Crippen LogP contribution in [0.25, 0.3) is 0 Å². The highest BCUT2D eigenvalue weighted by Gasteiger charge is 2.32. The largest absolute Gasteiger partial charge is 0.459 e. The quantitative estimate of drug-likeness (QED) is 0.751. The lowest BCUT2D eigenvalue weighted by molar-refractivity contribution is -0.152. The number of nitrogens with zero attached hydrogens (tertiary/aromatic N) is 2. The summed E-state index contributed by atoms with van der Waals surface area (Å²) < 4.78 is 5.32. The number of hydrogen-bond donors (Lipinski definition) is 1. The van der Waals surface area contributed by atoms with Gasteiger partial charge in [-0.2, -0.15) is 0 Å². The second-order valence-electron chi connectivity index (χ2n) is 7.17. The van der Waals surface area contributed by atoms with Crippen molar-refractivity contribution in [3.63, 3.8) is 0 Å². The minimum Gasteiger partial charge on any atom is -0.459 e. The van der Waals surface area contributed by atoms with Gasteiger partial charge >= 0.3 is 5.97 Å². The summed E-state index contributed by atoms with van der Waals surface area (Å²) in [4.78, 5) is 29.7. The van der Waals surface area contributed by atoms with Gasteiger partial charge in [-0.05, 0) is 17.9 Å². The van der Waals surface area contributed by atoms with Crippen LogP contribution < -0.4 is 5.43 Å². The first-order chi connectivity index (χ1) is 13.5. The number of hydrazine groups is 1. The van der Waals surface area contributed by atoms with Crippen LogP contribution in [0.5, 0.6) is 0 Å². The molecule has 1 heterocycles. The van der Waals surface area contributed by atoms with Crippen LogP contribution in [0.2, 0.25) is 0 Å². The molecule has 1 N–H and O–H groups in total. The number of rotatable bonds is 7. The summed E-state index contributed by atoms with van der Waals surface area (Å²) in [6.45, 7) is 4.10. The van der Waals surface area contributed by atoms with Crippen molar-refractivity contribution in [2.75, 3.05) is 6.54 Å². The second-order valence-corrected chi connectivity index (χ2v) is 7.17. The Morgan fingerprint density at radius 2 is 1.75 bits per heavy atom. The topological polar surface area (TPSA) is 71.0 Å². The van der Waals surface area contributed by atoms with E-state index in [2.05, 4.69) is 10.4 Å². The molecule has 0 saturated carbocycles. The molecule has 2 aromatic rings. The molecular formula is C22H25N3O3. The molecule has 146 valence electrons. The average molecular weight is 379 g/mol. The van der Waals surface area contributed by atoms with Crippen LogP contribution in [0.4, 0.5) is 0 Å². The zero-order valence-corrected chi connectivity index (χ0v) is 16.2. The van der Waals surface area contributed by atoms with E-state index in [-0.39, 0.29) is 19.1 Å². The third-order valence-corrected chi connectivity index (χ3v) is 4.35. The maximum atomic E-state index is 12.8. The summed E-state index contributed by atoms with van der Waals surface area (Å²) in [5.74, 6) is 0.203. The van der Waals surface area contributed by atoms with E-state index < -0.39 is 12.0 Å². The summed E-state index contributed by atoms with van der Waals surface area (Å²) in [6.07, 6.45) is 0.617. The van der Waals surface area contributed by atoms with E-state index in [0.717, 1.165) is 11.1 Å². The number of aliphatic imine (C=N–C) groups is 1. The lowest BCUT2D eigenvalue weighted by Gasteiger charge is -2.32.